The second-order valence-corrected chi connectivity index (χ2v) is 5.64. The van der Waals surface area contributed by atoms with Crippen LogP contribution in [0.2, 0.25) is 0 Å². The van der Waals surface area contributed by atoms with Gasteiger partial charge in [-0.2, -0.15) is 0 Å². The van der Waals surface area contributed by atoms with Gasteiger partial charge in [-0.1, -0.05) is 48.5 Å². The van der Waals surface area contributed by atoms with E-state index in [0.717, 1.165) is 22.6 Å². The van der Waals surface area contributed by atoms with Gasteiger partial charge in [-0.15, -0.1) is 0 Å². The summed E-state index contributed by atoms with van der Waals surface area (Å²) in [5.41, 5.74) is 2.89. The van der Waals surface area contributed by atoms with E-state index in [0.29, 0.717) is 0 Å². The van der Waals surface area contributed by atoms with Gasteiger partial charge >= 0.3 is 0 Å². The Morgan fingerprint density at radius 3 is 2.48 bits per heavy atom. The number of fused-ring (bicyclic) bond motifs is 5. The molecule has 0 spiro atoms. The molecule has 23 heavy (non-hydrogen) atoms. The maximum Gasteiger partial charge on any atom is 0.157 e. The van der Waals surface area contributed by atoms with Gasteiger partial charge in [0.2, 0.25) is 0 Å². The summed E-state index contributed by atoms with van der Waals surface area (Å²) in [5.74, 6) is 0.807. The Kier molecular flexibility index (Phi) is 2.50. The molecule has 0 aliphatic rings. The average Bonchev–Trinajstić information content (AvgIpc) is 3.07. The summed E-state index contributed by atoms with van der Waals surface area (Å²) >= 11 is 0. The molecule has 3 nitrogen and oxygen atoms in total. The SMILES string of the molecule is c1ccc(-c2nc3c(ccc4c5ccccc5ccc43)[nH]2)nc1. The third kappa shape index (κ3) is 1.83. The van der Waals surface area contributed by atoms with E-state index in [1.165, 1.54) is 21.5 Å². The number of nitrogens with one attached hydrogen (secondary N) is 1. The molecule has 2 aromatic heterocycles. The van der Waals surface area contributed by atoms with Crippen LogP contribution in [0.3, 0.4) is 0 Å². The normalized spacial score (nSPS) is 11.5. The van der Waals surface area contributed by atoms with Gasteiger partial charge in [0.1, 0.15) is 5.69 Å². The first-order valence-corrected chi connectivity index (χ1v) is 7.62. The number of imidazole rings is 1. The zero-order valence-electron chi connectivity index (χ0n) is 12.3. The van der Waals surface area contributed by atoms with Crippen LogP contribution >= 0.6 is 0 Å². The lowest BCUT2D eigenvalue weighted by atomic mass is 10.0. The first-order valence-electron chi connectivity index (χ1n) is 7.62. The van der Waals surface area contributed by atoms with E-state index in [1.807, 2.05) is 18.2 Å². The molecular formula is C20H13N3. The van der Waals surface area contributed by atoms with Gasteiger partial charge in [0.15, 0.2) is 5.82 Å². The summed E-state index contributed by atoms with van der Waals surface area (Å²) in [5, 5.41) is 4.91. The highest BCUT2D eigenvalue weighted by atomic mass is 14.9. The average molecular weight is 295 g/mol. The highest BCUT2D eigenvalue weighted by Gasteiger charge is 2.10. The van der Waals surface area contributed by atoms with Gasteiger partial charge in [-0.25, -0.2) is 4.98 Å². The van der Waals surface area contributed by atoms with E-state index in [1.54, 1.807) is 6.20 Å². The molecular weight excluding hydrogens is 282 g/mol. The van der Waals surface area contributed by atoms with Gasteiger partial charge in [-0.3, -0.25) is 4.98 Å². The number of pyridine rings is 1. The summed E-state index contributed by atoms with van der Waals surface area (Å²) in [6, 6.07) is 22.9. The molecule has 0 saturated carbocycles. The summed E-state index contributed by atoms with van der Waals surface area (Å²) < 4.78 is 0. The Labute approximate surface area is 132 Å². The van der Waals surface area contributed by atoms with Crippen molar-refractivity contribution in [2.75, 3.05) is 0 Å². The highest BCUT2D eigenvalue weighted by molar-refractivity contribution is 6.15. The minimum atomic E-state index is 0.807. The Hall–Kier alpha value is -3.20. The molecule has 2 heterocycles. The number of nitrogens with zero attached hydrogens (tertiary/aromatic N) is 2. The fraction of sp³-hybridized carbons (Fsp3) is 0. The second kappa shape index (κ2) is 4.65. The molecule has 0 amide bonds. The lowest BCUT2D eigenvalue weighted by Crippen LogP contribution is -1.83. The van der Waals surface area contributed by atoms with Crippen molar-refractivity contribution in [1.82, 2.24) is 15.0 Å². The molecule has 0 radical (unpaired) electrons. The van der Waals surface area contributed by atoms with Crippen LogP contribution in [0.5, 0.6) is 0 Å². The van der Waals surface area contributed by atoms with Crippen molar-refractivity contribution in [3.8, 4) is 11.5 Å². The first-order chi connectivity index (χ1) is 11.4. The van der Waals surface area contributed by atoms with E-state index < -0.39 is 0 Å². The van der Waals surface area contributed by atoms with Crippen LogP contribution in [0.1, 0.15) is 0 Å². The molecule has 3 aromatic carbocycles. The van der Waals surface area contributed by atoms with Crippen LogP contribution in [-0.4, -0.2) is 15.0 Å². The zero-order valence-corrected chi connectivity index (χ0v) is 12.3. The monoisotopic (exact) mass is 295 g/mol. The largest absolute Gasteiger partial charge is 0.337 e. The molecule has 0 aliphatic carbocycles. The van der Waals surface area contributed by atoms with E-state index in [2.05, 4.69) is 58.5 Å². The number of hydrogen-bond acceptors (Lipinski definition) is 2. The van der Waals surface area contributed by atoms with E-state index in [-0.39, 0.29) is 0 Å². The summed E-state index contributed by atoms with van der Waals surface area (Å²) in [6.45, 7) is 0. The van der Waals surface area contributed by atoms with Crippen LogP contribution in [0.15, 0.2) is 72.9 Å². The molecule has 1 N–H and O–H groups in total. The van der Waals surface area contributed by atoms with E-state index in [4.69, 9.17) is 4.98 Å². The highest BCUT2D eigenvalue weighted by Crippen LogP contribution is 2.31. The molecule has 108 valence electrons. The maximum absolute atomic E-state index is 4.80. The molecule has 0 bridgehead atoms. The third-order valence-electron chi connectivity index (χ3n) is 4.28. The van der Waals surface area contributed by atoms with Gasteiger partial charge in [-0.05, 0) is 34.4 Å². The molecule has 0 atom stereocenters. The predicted octanol–water partition coefficient (Wildman–Crippen LogP) is 4.93. The van der Waals surface area contributed by atoms with Gasteiger partial charge in [0.25, 0.3) is 0 Å². The minimum Gasteiger partial charge on any atom is -0.337 e. The standard InChI is InChI=1S/C20H13N3/c1-2-6-14-13(5-1)8-9-16-15(14)10-11-17-19(16)23-20(22-17)18-7-3-4-12-21-18/h1-12H,(H,22,23). The Morgan fingerprint density at radius 2 is 1.57 bits per heavy atom. The van der Waals surface area contributed by atoms with Gasteiger partial charge in [0, 0.05) is 11.6 Å². The predicted molar refractivity (Wildman–Crippen MR) is 94.3 cm³/mol. The second-order valence-electron chi connectivity index (χ2n) is 5.64. The molecule has 5 aromatic rings. The Morgan fingerprint density at radius 1 is 0.696 bits per heavy atom. The van der Waals surface area contributed by atoms with Crippen molar-refractivity contribution < 1.29 is 0 Å². The minimum absolute atomic E-state index is 0.807. The van der Waals surface area contributed by atoms with Crippen molar-refractivity contribution in [3.05, 3.63) is 72.9 Å². The lowest BCUT2D eigenvalue weighted by molar-refractivity contribution is 1.24. The molecule has 5 rings (SSSR count). The Bertz CT molecular complexity index is 1160. The summed E-state index contributed by atoms with van der Waals surface area (Å²) in [6.07, 6.45) is 1.79. The number of benzene rings is 3. The molecule has 0 unspecified atom stereocenters. The molecule has 0 aliphatic heterocycles. The summed E-state index contributed by atoms with van der Waals surface area (Å²) in [4.78, 5) is 12.6. The van der Waals surface area contributed by atoms with Crippen LogP contribution < -0.4 is 0 Å². The first kappa shape index (κ1) is 12.4. The number of hydrogen-bond donors (Lipinski definition) is 1. The van der Waals surface area contributed by atoms with Crippen LogP contribution in [0, 0.1) is 0 Å². The van der Waals surface area contributed by atoms with Crippen molar-refractivity contribution in [2.24, 2.45) is 0 Å². The van der Waals surface area contributed by atoms with Crippen molar-refractivity contribution >= 4 is 32.6 Å². The smallest absolute Gasteiger partial charge is 0.157 e. The quantitative estimate of drug-likeness (QED) is 0.445. The summed E-state index contributed by atoms with van der Waals surface area (Å²) in [7, 11) is 0. The fourth-order valence-corrected chi connectivity index (χ4v) is 3.19. The van der Waals surface area contributed by atoms with Crippen LogP contribution in [0.25, 0.3) is 44.1 Å². The molecule has 3 heteroatoms. The lowest BCUT2D eigenvalue weighted by Gasteiger charge is -2.03. The number of rotatable bonds is 1. The molecule has 0 saturated heterocycles. The van der Waals surface area contributed by atoms with E-state index in [9.17, 15) is 0 Å². The van der Waals surface area contributed by atoms with Crippen molar-refractivity contribution in [2.45, 2.75) is 0 Å². The van der Waals surface area contributed by atoms with Gasteiger partial charge in [0.05, 0.1) is 11.0 Å². The Balaban J connectivity index is 1.86. The number of aromatic nitrogens is 3. The molecule has 0 fully saturated rings. The van der Waals surface area contributed by atoms with Crippen LogP contribution in [-0.2, 0) is 0 Å². The van der Waals surface area contributed by atoms with Gasteiger partial charge < -0.3 is 4.98 Å². The van der Waals surface area contributed by atoms with Crippen molar-refractivity contribution in [3.63, 3.8) is 0 Å². The maximum atomic E-state index is 4.80. The number of H-pyrrole nitrogens is 1. The number of aromatic amines is 1. The van der Waals surface area contributed by atoms with Crippen LogP contribution in [0.4, 0.5) is 0 Å². The topological polar surface area (TPSA) is 41.6 Å². The fourth-order valence-electron chi connectivity index (χ4n) is 3.19. The third-order valence-corrected chi connectivity index (χ3v) is 4.28. The van der Waals surface area contributed by atoms with Crippen molar-refractivity contribution in [1.29, 1.82) is 0 Å². The zero-order chi connectivity index (χ0) is 15.2. The van der Waals surface area contributed by atoms with E-state index >= 15 is 0 Å².